The second kappa shape index (κ2) is 7.66. The van der Waals surface area contributed by atoms with E-state index in [1.165, 1.54) is 11.8 Å². The number of carbonyl (C=O) groups excluding carboxylic acids is 1. The summed E-state index contributed by atoms with van der Waals surface area (Å²) < 4.78 is 24.4. The van der Waals surface area contributed by atoms with E-state index in [9.17, 15) is 13.2 Å². The number of benzene rings is 2. The standard InChI is InChI=1S/C20H20ClN3O3S2/c1-23(2)15-7-9-16(10-8-15)24-17-11-29(26,27)12-18(17)28-20(24)22-19(25)13-3-5-14(21)6-4-13/h3-10,17-18H,11-12H2,1-2H3/t17-,18+/m0/s1. The van der Waals surface area contributed by atoms with Crippen LogP contribution in [-0.2, 0) is 9.84 Å². The molecule has 4 rings (SSSR count). The molecule has 2 aromatic carbocycles. The van der Waals surface area contributed by atoms with Crippen molar-refractivity contribution in [3.8, 4) is 0 Å². The minimum absolute atomic E-state index is 0.0637. The molecule has 2 heterocycles. The van der Waals surface area contributed by atoms with Gasteiger partial charge in [0.15, 0.2) is 15.0 Å². The Morgan fingerprint density at radius 1 is 1.10 bits per heavy atom. The zero-order chi connectivity index (χ0) is 20.8. The van der Waals surface area contributed by atoms with Gasteiger partial charge < -0.3 is 9.80 Å². The van der Waals surface area contributed by atoms with Gasteiger partial charge in [0.1, 0.15) is 0 Å². The molecule has 0 saturated carbocycles. The monoisotopic (exact) mass is 449 g/mol. The number of amides is 1. The maximum absolute atomic E-state index is 12.7. The Kier molecular flexibility index (Phi) is 5.35. The number of hydrogen-bond donors (Lipinski definition) is 0. The average Bonchev–Trinajstić information content (AvgIpc) is 3.13. The number of fused-ring (bicyclic) bond motifs is 1. The summed E-state index contributed by atoms with van der Waals surface area (Å²) in [5.74, 6) is -0.210. The van der Waals surface area contributed by atoms with Gasteiger partial charge in [-0.3, -0.25) is 4.79 Å². The van der Waals surface area contributed by atoms with Crippen molar-refractivity contribution < 1.29 is 13.2 Å². The summed E-state index contributed by atoms with van der Waals surface area (Å²) in [5, 5.41) is 0.949. The van der Waals surface area contributed by atoms with Crippen molar-refractivity contribution in [3.05, 3.63) is 59.1 Å². The molecule has 2 aliphatic rings. The molecule has 0 spiro atoms. The number of carbonyl (C=O) groups is 1. The zero-order valence-electron chi connectivity index (χ0n) is 15.9. The van der Waals surface area contributed by atoms with E-state index in [0.717, 1.165) is 11.4 Å². The number of anilines is 2. The van der Waals surface area contributed by atoms with Crippen molar-refractivity contribution in [2.75, 3.05) is 35.4 Å². The lowest BCUT2D eigenvalue weighted by Crippen LogP contribution is -2.37. The highest BCUT2D eigenvalue weighted by Crippen LogP contribution is 2.41. The zero-order valence-corrected chi connectivity index (χ0v) is 18.3. The van der Waals surface area contributed by atoms with Gasteiger partial charge in [-0.25, -0.2) is 8.42 Å². The number of thioether (sulfide) groups is 1. The number of sulfone groups is 1. The predicted octanol–water partition coefficient (Wildman–Crippen LogP) is 3.32. The van der Waals surface area contributed by atoms with Crippen molar-refractivity contribution in [1.29, 1.82) is 0 Å². The van der Waals surface area contributed by atoms with Gasteiger partial charge in [0.2, 0.25) is 0 Å². The Balaban J connectivity index is 1.70. The van der Waals surface area contributed by atoms with Crippen LogP contribution in [0.25, 0.3) is 0 Å². The molecule has 29 heavy (non-hydrogen) atoms. The minimum atomic E-state index is -3.10. The largest absolute Gasteiger partial charge is 0.378 e. The predicted molar refractivity (Wildman–Crippen MR) is 120 cm³/mol. The minimum Gasteiger partial charge on any atom is -0.378 e. The lowest BCUT2D eigenvalue weighted by molar-refractivity contribution is 0.100. The number of amidine groups is 1. The number of rotatable bonds is 3. The molecule has 0 unspecified atom stereocenters. The van der Waals surface area contributed by atoms with E-state index in [1.54, 1.807) is 24.3 Å². The van der Waals surface area contributed by atoms with Crippen LogP contribution in [0.3, 0.4) is 0 Å². The Bertz CT molecular complexity index is 1070. The normalized spacial score (nSPS) is 24.0. The molecule has 0 aromatic heterocycles. The number of nitrogens with zero attached hydrogens (tertiary/aromatic N) is 3. The third kappa shape index (κ3) is 4.15. The molecule has 2 atom stereocenters. The Labute approximate surface area is 179 Å². The summed E-state index contributed by atoms with van der Waals surface area (Å²) >= 11 is 7.26. The highest BCUT2D eigenvalue weighted by Gasteiger charge is 2.49. The van der Waals surface area contributed by atoms with E-state index in [-0.39, 0.29) is 28.7 Å². The number of hydrogen-bond acceptors (Lipinski definition) is 5. The summed E-state index contributed by atoms with van der Waals surface area (Å²) in [4.78, 5) is 20.9. The van der Waals surface area contributed by atoms with Crippen LogP contribution in [0.15, 0.2) is 53.5 Å². The van der Waals surface area contributed by atoms with Crippen molar-refractivity contribution in [1.82, 2.24) is 0 Å². The topological polar surface area (TPSA) is 70.0 Å². The lowest BCUT2D eigenvalue weighted by atomic mass is 10.2. The Morgan fingerprint density at radius 2 is 1.76 bits per heavy atom. The fourth-order valence-corrected chi connectivity index (χ4v) is 7.56. The first-order valence-electron chi connectivity index (χ1n) is 9.06. The van der Waals surface area contributed by atoms with E-state index in [2.05, 4.69) is 4.99 Å². The highest BCUT2D eigenvalue weighted by molar-refractivity contribution is 8.16. The third-order valence-corrected chi connectivity index (χ3v) is 8.46. The van der Waals surface area contributed by atoms with Gasteiger partial charge in [0.05, 0.1) is 17.5 Å². The molecule has 0 aliphatic carbocycles. The van der Waals surface area contributed by atoms with Crippen LogP contribution in [0, 0.1) is 0 Å². The molecular formula is C20H20ClN3O3S2. The van der Waals surface area contributed by atoms with E-state index in [4.69, 9.17) is 11.6 Å². The van der Waals surface area contributed by atoms with Gasteiger partial charge in [-0.15, -0.1) is 0 Å². The maximum Gasteiger partial charge on any atom is 0.279 e. The Morgan fingerprint density at radius 3 is 2.38 bits per heavy atom. The molecule has 0 N–H and O–H groups in total. The van der Waals surface area contributed by atoms with Gasteiger partial charge in [-0.1, -0.05) is 23.4 Å². The third-order valence-electron chi connectivity index (χ3n) is 5.00. The first-order valence-corrected chi connectivity index (χ1v) is 12.1. The smallest absolute Gasteiger partial charge is 0.279 e. The fourth-order valence-electron chi connectivity index (χ4n) is 3.52. The lowest BCUT2D eigenvalue weighted by Gasteiger charge is -2.25. The summed E-state index contributed by atoms with van der Waals surface area (Å²) in [7, 11) is 0.810. The number of halogens is 1. The molecule has 0 radical (unpaired) electrons. The molecule has 152 valence electrons. The molecule has 0 bridgehead atoms. The molecular weight excluding hydrogens is 430 g/mol. The SMILES string of the molecule is CN(C)c1ccc(N2C(=NC(=O)c3ccc(Cl)cc3)S[C@@H]3CS(=O)(=O)C[C@@H]32)cc1. The number of aliphatic imine (C=N–C) groups is 1. The Hall–Kier alpha value is -2.03. The molecule has 9 heteroatoms. The van der Waals surface area contributed by atoms with Crippen molar-refractivity contribution in [3.63, 3.8) is 0 Å². The van der Waals surface area contributed by atoms with Crippen LogP contribution < -0.4 is 9.80 Å². The van der Waals surface area contributed by atoms with Crippen LogP contribution in [-0.4, -0.2) is 56.4 Å². The summed E-state index contributed by atoms with van der Waals surface area (Å²) in [5.41, 5.74) is 2.30. The average molecular weight is 450 g/mol. The molecule has 2 aliphatic heterocycles. The van der Waals surface area contributed by atoms with E-state index in [0.29, 0.717) is 15.8 Å². The van der Waals surface area contributed by atoms with Crippen molar-refractivity contribution in [2.45, 2.75) is 11.3 Å². The molecule has 1 amide bonds. The first kappa shape index (κ1) is 20.3. The van der Waals surface area contributed by atoms with Crippen LogP contribution in [0.4, 0.5) is 11.4 Å². The molecule has 6 nitrogen and oxygen atoms in total. The van der Waals surface area contributed by atoms with E-state index < -0.39 is 9.84 Å². The van der Waals surface area contributed by atoms with Gasteiger partial charge in [0, 0.05) is 41.3 Å². The molecule has 2 fully saturated rings. The van der Waals surface area contributed by atoms with Gasteiger partial charge >= 0.3 is 0 Å². The molecule has 2 aromatic rings. The first-order chi connectivity index (χ1) is 13.7. The summed E-state index contributed by atoms with van der Waals surface area (Å²) in [6, 6.07) is 14.1. The quantitative estimate of drug-likeness (QED) is 0.715. The van der Waals surface area contributed by atoms with E-state index >= 15 is 0 Å². The fraction of sp³-hybridized carbons (Fsp3) is 0.300. The van der Waals surface area contributed by atoms with E-state index in [1.807, 2.05) is 48.2 Å². The van der Waals surface area contributed by atoms with Crippen LogP contribution in [0.5, 0.6) is 0 Å². The van der Waals surface area contributed by atoms with Crippen LogP contribution in [0.2, 0.25) is 5.02 Å². The second-order valence-corrected chi connectivity index (χ2v) is 11.1. The van der Waals surface area contributed by atoms with Gasteiger partial charge in [-0.2, -0.15) is 4.99 Å². The van der Waals surface area contributed by atoms with Crippen molar-refractivity contribution >= 4 is 55.6 Å². The maximum atomic E-state index is 12.7. The van der Waals surface area contributed by atoms with Crippen molar-refractivity contribution in [2.24, 2.45) is 4.99 Å². The molecule has 2 saturated heterocycles. The summed E-state index contributed by atoms with van der Waals surface area (Å²) in [6.07, 6.45) is 0. The highest BCUT2D eigenvalue weighted by atomic mass is 35.5. The van der Waals surface area contributed by atoms with Crippen LogP contribution in [0.1, 0.15) is 10.4 Å². The second-order valence-electron chi connectivity index (χ2n) is 7.29. The van der Waals surface area contributed by atoms with Gasteiger partial charge in [-0.05, 0) is 48.5 Å². The van der Waals surface area contributed by atoms with Gasteiger partial charge in [0.25, 0.3) is 5.91 Å². The van der Waals surface area contributed by atoms with Crippen LogP contribution >= 0.6 is 23.4 Å². The summed E-state index contributed by atoms with van der Waals surface area (Å²) in [6.45, 7) is 0.